The first-order valence-electron chi connectivity index (χ1n) is 21.9. The molecule has 0 saturated heterocycles. The first-order valence-corrected chi connectivity index (χ1v) is 21.9. The smallest absolute Gasteiger partial charge is 0.0622 e. The molecular weight excluding hydrogens is 733 g/mol. The fraction of sp³-hybridized carbons (Fsp3) is 0.115. The molecule has 0 nitrogen and oxygen atoms in total. The highest BCUT2D eigenvalue weighted by molar-refractivity contribution is 5.96. The lowest BCUT2D eigenvalue weighted by atomic mass is 9.70. The summed E-state index contributed by atoms with van der Waals surface area (Å²) >= 11 is 0. The van der Waals surface area contributed by atoms with Gasteiger partial charge in [0.1, 0.15) is 0 Å². The molecular formula is C61H46. The summed E-state index contributed by atoms with van der Waals surface area (Å²) in [6, 6.07) is 80.2. The van der Waals surface area contributed by atoms with Gasteiger partial charge in [-0.2, -0.15) is 0 Å². The summed E-state index contributed by atoms with van der Waals surface area (Å²) in [5.41, 5.74) is 25.4. The van der Waals surface area contributed by atoms with Crippen LogP contribution < -0.4 is 0 Å². The van der Waals surface area contributed by atoms with Gasteiger partial charge in [0.05, 0.1) is 5.41 Å². The average Bonchev–Trinajstić information content (AvgIpc) is 3.88. The summed E-state index contributed by atoms with van der Waals surface area (Å²) in [7, 11) is 0. The van der Waals surface area contributed by atoms with E-state index < -0.39 is 0 Å². The van der Waals surface area contributed by atoms with Crippen molar-refractivity contribution in [1.82, 2.24) is 0 Å². The molecule has 0 aliphatic heterocycles. The van der Waals surface area contributed by atoms with E-state index in [9.17, 15) is 0 Å². The minimum absolute atomic E-state index is 0.0930. The first kappa shape index (κ1) is 35.9. The van der Waals surface area contributed by atoms with E-state index >= 15 is 0 Å². The SMILES string of the molecule is CC1(C)c2ccccc2-c2c(-c3ccccc3)cc(CCC(c3ccc(-c4ccccc4)cc3)c3cccc4c3-c3ccccc3C43c4ccccc4-c4ccccc43)cc21. The predicted molar refractivity (Wildman–Crippen MR) is 254 cm³/mol. The lowest BCUT2D eigenvalue weighted by Gasteiger charge is -2.31. The van der Waals surface area contributed by atoms with Crippen LogP contribution in [0.4, 0.5) is 0 Å². The van der Waals surface area contributed by atoms with Crippen molar-refractivity contribution in [2.45, 2.75) is 43.4 Å². The van der Waals surface area contributed by atoms with Crippen LogP contribution in [0.5, 0.6) is 0 Å². The van der Waals surface area contributed by atoms with Gasteiger partial charge in [-0.05, 0) is 119 Å². The third kappa shape index (κ3) is 5.25. The highest BCUT2D eigenvalue weighted by Gasteiger charge is 2.52. The van der Waals surface area contributed by atoms with Crippen LogP contribution in [0.3, 0.4) is 0 Å². The van der Waals surface area contributed by atoms with Crippen molar-refractivity contribution in [1.29, 1.82) is 0 Å². The molecule has 0 amide bonds. The van der Waals surface area contributed by atoms with Crippen LogP contribution >= 0.6 is 0 Å². The number of hydrogen-bond acceptors (Lipinski definition) is 0. The third-order valence-corrected chi connectivity index (χ3v) is 14.4. The van der Waals surface area contributed by atoms with Crippen LogP contribution in [-0.4, -0.2) is 0 Å². The van der Waals surface area contributed by atoms with Crippen LogP contribution in [0.25, 0.3) is 55.6 Å². The molecule has 1 unspecified atom stereocenters. The molecule has 0 fully saturated rings. The molecule has 61 heavy (non-hydrogen) atoms. The largest absolute Gasteiger partial charge is 0.0725 e. The maximum atomic E-state index is 2.55. The highest BCUT2D eigenvalue weighted by atomic mass is 14.5. The lowest BCUT2D eigenvalue weighted by molar-refractivity contribution is 0.657. The van der Waals surface area contributed by atoms with Crippen LogP contribution in [0.15, 0.2) is 212 Å². The summed E-state index contributed by atoms with van der Waals surface area (Å²) in [5, 5.41) is 0. The van der Waals surface area contributed by atoms with Gasteiger partial charge in [-0.15, -0.1) is 0 Å². The van der Waals surface area contributed by atoms with E-state index in [-0.39, 0.29) is 16.7 Å². The highest BCUT2D eigenvalue weighted by Crippen LogP contribution is 2.64. The van der Waals surface area contributed by atoms with E-state index in [2.05, 4.69) is 226 Å². The maximum absolute atomic E-state index is 2.55. The Morgan fingerprint density at radius 3 is 1.49 bits per heavy atom. The Morgan fingerprint density at radius 1 is 0.361 bits per heavy atom. The Hall–Kier alpha value is -7.02. The van der Waals surface area contributed by atoms with Gasteiger partial charge in [-0.25, -0.2) is 0 Å². The Labute approximate surface area is 359 Å². The van der Waals surface area contributed by atoms with Gasteiger partial charge in [0.25, 0.3) is 0 Å². The minimum atomic E-state index is -0.373. The van der Waals surface area contributed by atoms with Crippen molar-refractivity contribution in [3.8, 4) is 55.6 Å². The van der Waals surface area contributed by atoms with Gasteiger partial charge in [0, 0.05) is 11.3 Å². The van der Waals surface area contributed by atoms with Gasteiger partial charge in [-0.1, -0.05) is 226 Å². The van der Waals surface area contributed by atoms with E-state index in [1.54, 1.807) is 0 Å². The molecule has 0 aromatic heterocycles. The molecule has 3 aliphatic carbocycles. The van der Waals surface area contributed by atoms with E-state index in [4.69, 9.17) is 0 Å². The van der Waals surface area contributed by atoms with E-state index in [1.165, 1.54) is 106 Å². The molecule has 9 aromatic rings. The Kier molecular flexibility index (Phi) is 8.10. The number of aryl methyl sites for hydroxylation is 1. The molecule has 0 radical (unpaired) electrons. The summed E-state index contributed by atoms with van der Waals surface area (Å²) in [6.07, 6.45) is 1.93. The molecule has 1 spiro atoms. The van der Waals surface area contributed by atoms with E-state index in [1.807, 2.05) is 0 Å². The zero-order valence-electron chi connectivity index (χ0n) is 34.7. The molecule has 3 aliphatic rings. The van der Waals surface area contributed by atoms with Crippen molar-refractivity contribution in [3.63, 3.8) is 0 Å². The fourth-order valence-electron chi connectivity index (χ4n) is 11.7. The molecule has 12 rings (SSSR count). The second kappa shape index (κ2) is 13.8. The molecule has 0 heteroatoms. The Balaban J connectivity index is 1.04. The van der Waals surface area contributed by atoms with Crippen molar-refractivity contribution >= 4 is 0 Å². The number of benzene rings is 9. The van der Waals surface area contributed by atoms with E-state index in [0.717, 1.165) is 12.8 Å². The van der Waals surface area contributed by atoms with Gasteiger partial charge in [-0.3, -0.25) is 0 Å². The Bertz CT molecular complexity index is 3100. The number of rotatable bonds is 7. The zero-order valence-corrected chi connectivity index (χ0v) is 34.7. The van der Waals surface area contributed by atoms with Gasteiger partial charge in [0.2, 0.25) is 0 Å². The van der Waals surface area contributed by atoms with Gasteiger partial charge >= 0.3 is 0 Å². The van der Waals surface area contributed by atoms with Crippen molar-refractivity contribution in [3.05, 3.63) is 262 Å². The van der Waals surface area contributed by atoms with Crippen LogP contribution in [0, 0.1) is 0 Å². The Morgan fingerprint density at radius 2 is 0.852 bits per heavy atom. The predicted octanol–water partition coefficient (Wildman–Crippen LogP) is 15.4. The number of fused-ring (bicyclic) bond motifs is 13. The van der Waals surface area contributed by atoms with Crippen LogP contribution in [-0.2, 0) is 17.3 Å². The maximum Gasteiger partial charge on any atom is 0.0725 e. The summed E-state index contributed by atoms with van der Waals surface area (Å²) < 4.78 is 0. The number of hydrogen-bond donors (Lipinski definition) is 0. The molecule has 0 heterocycles. The molecule has 0 bridgehead atoms. The van der Waals surface area contributed by atoms with Crippen molar-refractivity contribution < 1.29 is 0 Å². The average molecular weight is 779 g/mol. The topological polar surface area (TPSA) is 0 Å². The lowest BCUT2D eigenvalue weighted by Crippen LogP contribution is -2.25. The van der Waals surface area contributed by atoms with Crippen molar-refractivity contribution in [2.75, 3.05) is 0 Å². The molecule has 290 valence electrons. The standard InChI is InChI=1S/C61H46/c1-60(2)52-27-13-11-24-49(52)59-51(43-20-7-4-8-21-43)38-40(39-57(59)60)32-37-45(44-35-33-42(34-36-44)41-18-5-3-6-19-41)48-26-17-31-56-58(48)50-25-12-16-30-55(50)61(56)53-28-14-9-22-46(53)47-23-10-15-29-54(47)61/h3-31,33-36,38-39,45H,32,37H2,1-2H3. The molecule has 0 N–H and O–H groups in total. The summed E-state index contributed by atoms with van der Waals surface area (Å²) in [4.78, 5) is 0. The fourth-order valence-corrected chi connectivity index (χ4v) is 11.7. The minimum Gasteiger partial charge on any atom is -0.0622 e. The zero-order chi connectivity index (χ0) is 40.7. The molecule has 0 saturated carbocycles. The van der Waals surface area contributed by atoms with E-state index in [0.29, 0.717) is 0 Å². The monoisotopic (exact) mass is 778 g/mol. The first-order chi connectivity index (χ1) is 30.0. The normalized spacial score (nSPS) is 14.7. The quantitative estimate of drug-likeness (QED) is 0.151. The molecule has 9 aromatic carbocycles. The van der Waals surface area contributed by atoms with Crippen LogP contribution in [0.1, 0.15) is 76.3 Å². The second-order valence-corrected chi connectivity index (χ2v) is 17.8. The van der Waals surface area contributed by atoms with Crippen LogP contribution in [0.2, 0.25) is 0 Å². The van der Waals surface area contributed by atoms with Gasteiger partial charge in [0.15, 0.2) is 0 Å². The van der Waals surface area contributed by atoms with Crippen molar-refractivity contribution in [2.24, 2.45) is 0 Å². The van der Waals surface area contributed by atoms with Gasteiger partial charge < -0.3 is 0 Å². The summed E-state index contributed by atoms with van der Waals surface area (Å²) in [5.74, 6) is 0.161. The third-order valence-electron chi connectivity index (χ3n) is 14.4. The molecule has 1 atom stereocenters. The summed E-state index contributed by atoms with van der Waals surface area (Å²) in [6.45, 7) is 4.82. The second-order valence-electron chi connectivity index (χ2n) is 17.8.